The van der Waals surface area contributed by atoms with Crippen molar-refractivity contribution in [2.24, 2.45) is 0 Å². The summed E-state index contributed by atoms with van der Waals surface area (Å²) in [7, 11) is 0. The van der Waals surface area contributed by atoms with E-state index in [1.54, 1.807) is 12.2 Å². The largest absolute Gasteiger partial charge is 0.0991 e. The Morgan fingerprint density at radius 1 is 0.667 bits per heavy atom. The molecule has 0 nitrogen and oxygen atoms in total. The van der Waals surface area contributed by atoms with Gasteiger partial charge in [0.1, 0.15) is 0 Å². The first-order chi connectivity index (χ1) is 11.8. The Hall–Kier alpha value is -3.12. The molecule has 0 heteroatoms. The molecule has 0 fully saturated rings. The molecule has 0 radical (unpaired) electrons. The normalized spacial score (nSPS) is 12.7. The summed E-state index contributed by atoms with van der Waals surface area (Å²) >= 11 is 0. The lowest BCUT2D eigenvalue weighted by Crippen LogP contribution is -1.86. The van der Waals surface area contributed by atoms with Crippen molar-refractivity contribution in [3.63, 3.8) is 0 Å². The zero-order chi connectivity index (χ0) is 17.0. The molecule has 0 aliphatic heterocycles. The Labute approximate surface area is 145 Å². The minimum atomic E-state index is 1.11. The molecular formula is C24H22. The van der Waals surface area contributed by atoms with E-state index in [2.05, 4.69) is 61.7 Å². The van der Waals surface area contributed by atoms with E-state index in [1.807, 2.05) is 48.6 Å². The van der Waals surface area contributed by atoms with Crippen molar-refractivity contribution >= 4 is 11.6 Å². The molecule has 0 amide bonds. The summed E-state index contributed by atoms with van der Waals surface area (Å²) in [5, 5.41) is 0. The van der Waals surface area contributed by atoms with Crippen LogP contribution in [0.25, 0.3) is 11.6 Å². The predicted molar refractivity (Wildman–Crippen MR) is 108 cm³/mol. The third-order valence-corrected chi connectivity index (χ3v) is 3.46. The number of benzene rings is 2. The van der Waals surface area contributed by atoms with Gasteiger partial charge in [-0.3, -0.25) is 0 Å². The van der Waals surface area contributed by atoms with Crippen LogP contribution in [0.2, 0.25) is 0 Å². The second kappa shape index (κ2) is 9.81. The van der Waals surface area contributed by atoms with Crippen molar-refractivity contribution in [3.8, 4) is 0 Å². The van der Waals surface area contributed by atoms with E-state index in [4.69, 9.17) is 0 Å². The average Bonchev–Trinajstić information content (AvgIpc) is 2.65. The molecule has 0 heterocycles. The molecule has 0 spiro atoms. The highest BCUT2D eigenvalue weighted by molar-refractivity contribution is 5.82. The maximum Gasteiger partial charge on any atom is -0.0111 e. The van der Waals surface area contributed by atoms with Gasteiger partial charge in [0.15, 0.2) is 0 Å². The zero-order valence-electron chi connectivity index (χ0n) is 13.8. The molecule has 0 unspecified atom stereocenters. The van der Waals surface area contributed by atoms with Crippen LogP contribution in [0.4, 0.5) is 0 Å². The second-order valence-corrected chi connectivity index (χ2v) is 5.17. The van der Waals surface area contributed by atoms with Gasteiger partial charge >= 0.3 is 0 Å². The molecular weight excluding hydrogens is 288 g/mol. The summed E-state index contributed by atoms with van der Waals surface area (Å²) < 4.78 is 0. The highest BCUT2D eigenvalue weighted by atomic mass is 14.1. The molecule has 0 aromatic heterocycles. The zero-order valence-corrected chi connectivity index (χ0v) is 13.8. The minimum Gasteiger partial charge on any atom is -0.0991 e. The SMILES string of the molecule is C=CC=CC(C=Cc1ccccc1)=C(C=CC=C)c1ccccc1. The Bertz CT molecular complexity index is 769. The topological polar surface area (TPSA) is 0 Å². The van der Waals surface area contributed by atoms with Gasteiger partial charge in [-0.15, -0.1) is 0 Å². The van der Waals surface area contributed by atoms with E-state index in [-0.39, 0.29) is 0 Å². The molecule has 2 aromatic rings. The summed E-state index contributed by atoms with van der Waals surface area (Å²) in [6.07, 6.45) is 15.9. The molecule has 0 aliphatic carbocycles. The Morgan fingerprint density at radius 2 is 1.25 bits per heavy atom. The first kappa shape index (κ1) is 17.2. The van der Waals surface area contributed by atoms with E-state index in [9.17, 15) is 0 Å². The van der Waals surface area contributed by atoms with E-state index < -0.39 is 0 Å². The molecule has 0 N–H and O–H groups in total. The van der Waals surface area contributed by atoms with Crippen LogP contribution >= 0.6 is 0 Å². The standard InChI is InChI=1S/C24H22/c1-3-5-15-23(20-19-21-13-9-7-10-14-21)24(18-6-4-2)22-16-11-8-12-17-22/h3-20H,1-2H2. The summed E-state index contributed by atoms with van der Waals surface area (Å²) in [6, 6.07) is 20.6. The van der Waals surface area contributed by atoms with Crippen molar-refractivity contribution in [2.75, 3.05) is 0 Å². The van der Waals surface area contributed by atoms with Gasteiger partial charge in [0.05, 0.1) is 0 Å². The van der Waals surface area contributed by atoms with Crippen molar-refractivity contribution < 1.29 is 0 Å². The van der Waals surface area contributed by atoms with Crippen molar-refractivity contribution in [3.05, 3.63) is 133 Å². The fourth-order valence-electron chi connectivity index (χ4n) is 2.30. The van der Waals surface area contributed by atoms with E-state index in [1.165, 1.54) is 5.56 Å². The van der Waals surface area contributed by atoms with Gasteiger partial charge in [-0.05, 0) is 22.3 Å². The Balaban J connectivity index is 2.53. The molecule has 0 saturated carbocycles. The lowest BCUT2D eigenvalue weighted by molar-refractivity contribution is 1.58. The summed E-state index contributed by atoms with van der Waals surface area (Å²) in [5.41, 5.74) is 4.59. The van der Waals surface area contributed by atoms with Crippen molar-refractivity contribution in [1.82, 2.24) is 0 Å². The molecule has 0 aliphatic rings. The van der Waals surface area contributed by atoms with Crippen LogP contribution < -0.4 is 0 Å². The van der Waals surface area contributed by atoms with Crippen LogP contribution in [-0.2, 0) is 0 Å². The fourth-order valence-corrected chi connectivity index (χ4v) is 2.30. The average molecular weight is 310 g/mol. The third-order valence-electron chi connectivity index (χ3n) is 3.46. The lowest BCUT2D eigenvalue weighted by Gasteiger charge is -2.07. The van der Waals surface area contributed by atoms with Gasteiger partial charge in [-0.1, -0.05) is 122 Å². The first-order valence-corrected chi connectivity index (χ1v) is 7.96. The van der Waals surface area contributed by atoms with Gasteiger partial charge in [0.2, 0.25) is 0 Å². The van der Waals surface area contributed by atoms with Crippen LogP contribution in [0.1, 0.15) is 11.1 Å². The highest BCUT2D eigenvalue weighted by Gasteiger charge is 2.02. The number of hydrogen-bond donors (Lipinski definition) is 0. The van der Waals surface area contributed by atoms with Gasteiger partial charge in [-0.25, -0.2) is 0 Å². The van der Waals surface area contributed by atoms with Gasteiger partial charge in [0.25, 0.3) is 0 Å². The Kier molecular flexibility index (Phi) is 7.04. The predicted octanol–water partition coefficient (Wildman–Crippen LogP) is 6.64. The fraction of sp³-hybridized carbons (Fsp3) is 0. The number of allylic oxidation sites excluding steroid dienone is 9. The number of hydrogen-bond acceptors (Lipinski definition) is 0. The maximum atomic E-state index is 3.78. The van der Waals surface area contributed by atoms with Crippen LogP contribution in [0.15, 0.2) is 122 Å². The van der Waals surface area contributed by atoms with Crippen LogP contribution in [-0.4, -0.2) is 0 Å². The van der Waals surface area contributed by atoms with Gasteiger partial charge < -0.3 is 0 Å². The first-order valence-electron chi connectivity index (χ1n) is 7.96. The van der Waals surface area contributed by atoms with Crippen LogP contribution in [0, 0.1) is 0 Å². The molecule has 0 atom stereocenters. The Morgan fingerprint density at radius 3 is 1.88 bits per heavy atom. The van der Waals surface area contributed by atoms with E-state index in [0.717, 1.165) is 16.7 Å². The monoisotopic (exact) mass is 310 g/mol. The lowest BCUT2D eigenvalue weighted by atomic mass is 9.97. The van der Waals surface area contributed by atoms with E-state index in [0.29, 0.717) is 0 Å². The van der Waals surface area contributed by atoms with Gasteiger partial charge in [0, 0.05) is 0 Å². The summed E-state index contributed by atoms with van der Waals surface area (Å²) in [5.74, 6) is 0. The minimum absolute atomic E-state index is 1.11. The third kappa shape index (κ3) is 5.26. The molecule has 2 aromatic carbocycles. The van der Waals surface area contributed by atoms with Crippen molar-refractivity contribution in [1.29, 1.82) is 0 Å². The van der Waals surface area contributed by atoms with E-state index >= 15 is 0 Å². The quantitative estimate of drug-likeness (QED) is 0.503. The smallest absolute Gasteiger partial charge is 0.0111 e. The summed E-state index contributed by atoms with van der Waals surface area (Å²) in [6.45, 7) is 7.56. The second-order valence-electron chi connectivity index (χ2n) is 5.17. The molecule has 0 bridgehead atoms. The molecule has 2 rings (SSSR count). The summed E-state index contributed by atoms with van der Waals surface area (Å²) in [4.78, 5) is 0. The van der Waals surface area contributed by atoms with Gasteiger partial charge in [-0.2, -0.15) is 0 Å². The molecule has 24 heavy (non-hydrogen) atoms. The van der Waals surface area contributed by atoms with Crippen LogP contribution in [0.3, 0.4) is 0 Å². The molecule has 118 valence electrons. The van der Waals surface area contributed by atoms with Crippen LogP contribution in [0.5, 0.6) is 0 Å². The number of rotatable bonds is 7. The highest BCUT2D eigenvalue weighted by Crippen LogP contribution is 2.23. The molecule has 0 saturated heterocycles. The van der Waals surface area contributed by atoms with Crippen molar-refractivity contribution in [2.45, 2.75) is 0 Å². The maximum absolute atomic E-state index is 3.78.